The third kappa shape index (κ3) is 1.91. The van der Waals surface area contributed by atoms with Crippen LogP contribution in [-0.4, -0.2) is 20.8 Å². The first-order valence-corrected chi connectivity index (χ1v) is 4.98. The van der Waals surface area contributed by atoms with E-state index in [1.165, 1.54) is 18.7 Å². The molecule has 0 saturated carbocycles. The van der Waals surface area contributed by atoms with Crippen LogP contribution in [0.4, 0.5) is 0 Å². The molecule has 0 bridgehead atoms. The fourth-order valence-corrected chi connectivity index (χ4v) is 1.87. The number of hydrogen-bond donors (Lipinski definition) is 1. The molecule has 0 unspecified atom stereocenters. The predicted molar refractivity (Wildman–Crippen MR) is 50.5 cm³/mol. The maximum Gasteiger partial charge on any atom is 0.108 e. The molecule has 0 fully saturated rings. The zero-order valence-electron chi connectivity index (χ0n) is 8.03. The quantitative estimate of drug-likeness (QED) is 0.741. The van der Waals surface area contributed by atoms with Crippen LogP contribution >= 0.6 is 0 Å². The summed E-state index contributed by atoms with van der Waals surface area (Å²) in [5.74, 6) is 1.20. The van der Waals surface area contributed by atoms with Gasteiger partial charge < -0.3 is 9.67 Å². The van der Waals surface area contributed by atoms with E-state index in [2.05, 4.69) is 15.7 Å². The average Bonchev–Trinajstić information content (AvgIpc) is 2.44. The van der Waals surface area contributed by atoms with Gasteiger partial charge in [0.05, 0.1) is 11.8 Å². The van der Waals surface area contributed by atoms with E-state index in [9.17, 15) is 5.11 Å². The molecule has 1 aromatic rings. The minimum absolute atomic E-state index is 0.281. The largest absolute Gasteiger partial charge is 0.393 e. The second kappa shape index (κ2) is 3.50. The number of aliphatic hydroxyl groups excluding tert-OH is 1. The lowest BCUT2D eigenvalue weighted by Gasteiger charge is -2.11. The van der Waals surface area contributed by atoms with Crippen molar-refractivity contribution in [1.29, 1.82) is 0 Å². The second-order valence-corrected chi connectivity index (χ2v) is 3.85. The predicted octanol–water partition coefficient (Wildman–Crippen LogP) is 1.14. The van der Waals surface area contributed by atoms with Gasteiger partial charge in [0.2, 0.25) is 0 Å². The van der Waals surface area contributed by atoms with E-state index in [-0.39, 0.29) is 6.10 Å². The van der Waals surface area contributed by atoms with E-state index in [0.29, 0.717) is 6.42 Å². The van der Waals surface area contributed by atoms with Crippen LogP contribution in [0.15, 0.2) is 6.20 Å². The number of aliphatic hydroxyl groups is 1. The number of imidazole rings is 1. The van der Waals surface area contributed by atoms with Crippen LogP contribution in [-0.2, 0) is 19.4 Å². The summed E-state index contributed by atoms with van der Waals surface area (Å²) >= 11 is 0. The van der Waals surface area contributed by atoms with E-state index in [1.54, 1.807) is 6.92 Å². The Hall–Kier alpha value is -0.830. The minimum atomic E-state index is -0.281. The van der Waals surface area contributed by atoms with Gasteiger partial charge in [0.25, 0.3) is 0 Å². The van der Waals surface area contributed by atoms with Crippen molar-refractivity contribution in [1.82, 2.24) is 9.55 Å². The molecule has 1 aromatic heterocycles. The van der Waals surface area contributed by atoms with E-state index in [4.69, 9.17) is 0 Å². The number of aromatic nitrogens is 2. The molecule has 0 amide bonds. The molecular weight excluding hydrogens is 164 g/mol. The molecule has 3 heteroatoms. The summed E-state index contributed by atoms with van der Waals surface area (Å²) < 4.78 is 2.22. The van der Waals surface area contributed by atoms with E-state index >= 15 is 0 Å². The van der Waals surface area contributed by atoms with Gasteiger partial charge in [-0.15, -0.1) is 0 Å². The topological polar surface area (TPSA) is 38.0 Å². The third-order valence-electron chi connectivity index (χ3n) is 2.46. The maximum absolute atomic E-state index is 9.22. The number of nitrogens with zero attached hydrogens (tertiary/aromatic N) is 2. The Morgan fingerprint density at radius 1 is 1.62 bits per heavy atom. The van der Waals surface area contributed by atoms with Crippen molar-refractivity contribution in [3.8, 4) is 0 Å². The summed E-state index contributed by atoms with van der Waals surface area (Å²) in [5, 5.41) is 9.22. The SMILES string of the molecule is C[C@@H](O)Cc1cn2c(n1)CCCC2. The number of rotatable bonds is 2. The van der Waals surface area contributed by atoms with Crippen LogP contribution < -0.4 is 0 Å². The van der Waals surface area contributed by atoms with E-state index in [0.717, 1.165) is 18.7 Å². The Morgan fingerprint density at radius 3 is 3.15 bits per heavy atom. The minimum Gasteiger partial charge on any atom is -0.393 e. The van der Waals surface area contributed by atoms with Crippen molar-refractivity contribution in [2.24, 2.45) is 0 Å². The van der Waals surface area contributed by atoms with Crippen molar-refractivity contribution in [3.05, 3.63) is 17.7 Å². The maximum atomic E-state index is 9.22. The Balaban J connectivity index is 2.15. The van der Waals surface area contributed by atoms with Crippen LogP contribution in [0.25, 0.3) is 0 Å². The fourth-order valence-electron chi connectivity index (χ4n) is 1.87. The van der Waals surface area contributed by atoms with Crippen molar-refractivity contribution in [2.75, 3.05) is 0 Å². The van der Waals surface area contributed by atoms with Crippen LogP contribution in [0.5, 0.6) is 0 Å². The van der Waals surface area contributed by atoms with Gasteiger partial charge in [0, 0.05) is 25.6 Å². The average molecular weight is 180 g/mol. The van der Waals surface area contributed by atoms with Crippen molar-refractivity contribution in [2.45, 2.75) is 45.3 Å². The molecule has 2 rings (SSSR count). The monoisotopic (exact) mass is 180 g/mol. The summed E-state index contributed by atoms with van der Waals surface area (Å²) in [6.07, 6.45) is 6.10. The summed E-state index contributed by atoms with van der Waals surface area (Å²) in [5.41, 5.74) is 1.03. The fraction of sp³-hybridized carbons (Fsp3) is 0.700. The molecule has 1 atom stereocenters. The Kier molecular flexibility index (Phi) is 2.36. The van der Waals surface area contributed by atoms with Gasteiger partial charge >= 0.3 is 0 Å². The van der Waals surface area contributed by atoms with Gasteiger partial charge in [-0.25, -0.2) is 4.98 Å². The molecule has 1 aliphatic rings. The highest BCUT2D eigenvalue weighted by Gasteiger charge is 2.12. The Labute approximate surface area is 78.4 Å². The van der Waals surface area contributed by atoms with Gasteiger partial charge in [0.15, 0.2) is 0 Å². The summed E-state index contributed by atoms with van der Waals surface area (Å²) in [6, 6.07) is 0. The first-order valence-electron chi connectivity index (χ1n) is 4.98. The molecular formula is C10H16N2O. The van der Waals surface area contributed by atoms with Crippen molar-refractivity contribution in [3.63, 3.8) is 0 Å². The molecule has 2 heterocycles. The zero-order valence-corrected chi connectivity index (χ0v) is 8.03. The highest BCUT2D eigenvalue weighted by molar-refractivity contribution is 5.06. The number of hydrogen-bond acceptors (Lipinski definition) is 2. The molecule has 0 aliphatic carbocycles. The Morgan fingerprint density at radius 2 is 2.46 bits per heavy atom. The first-order chi connectivity index (χ1) is 6.25. The number of aryl methyl sites for hydroxylation is 2. The van der Waals surface area contributed by atoms with Gasteiger partial charge in [-0.3, -0.25) is 0 Å². The summed E-state index contributed by atoms with van der Waals surface area (Å²) in [7, 11) is 0. The zero-order chi connectivity index (χ0) is 9.26. The normalized spacial score (nSPS) is 18.3. The highest BCUT2D eigenvalue weighted by Crippen LogP contribution is 2.15. The molecule has 0 spiro atoms. The molecule has 0 saturated heterocycles. The van der Waals surface area contributed by atoms with Gasteiger partial charge in [-0.05, 0) is 19.8 Å². The summed E-state index contributed by atoms with van der Waals surface area (Å²) in [4.78, 5) is 4.49. The summed E-state index contributed by atoms with van der Waals surface area (Å²) in [6.45, 7) is 2.90. The molecule has 13 heavy (non-hydrogen) atoms. The Bertz CT molecular complexity index is 268. The standard InChI is InChI=1S/C10H16N2O/c1-8(13)6-9-7-12-5-3-2-4-10(12)11-9/h7-8,13H,2-6H2,1H3/t8-/m1/s1. The van der Waals surface area contributed by atoms with Gasteiger partial charge in [0.1, 0.15) is 5.82 Å². The van der Waals surface area contributed by atoms with Crippen LogP contribution in [0.1, 0.15) is 31.3 Å². The second-order valence-electron chi connectivity index (χ2n) is 3.85. The molecule has 1 aliphatic heterocycles. The molecule has 1 N–H and O–H groups in total. The van der Waals surface area contributed by atoms with Crippen LogP contribution in [0.2, 0.25) is 0 Å². The molecule has 0 aromatic carbocycles. The number of fused-ring (bicyclic) bond motifs is 1. The van der Waals surface area contributed by atoms with Crippen LogP contribution in [0, 0.1) is 0 Å². The van der Waals surface area contributed by atoms with Crippen LogP contribution in [0.3, 0.4) is 0 Å². The molecule has 3 nitrogen and oxygen atoms in total. The van der Waals surface area contributed by atoms with Gasteiger partial charge in [-0.2, -0.15) is 0 Å². The third-order valence-corrected chi connectivity index (χ3v) is 2.46. The van der Waals surface area contributed by atoms with Crippen molar-refractivity contribution >= 4 is 0 Å². The molecule has 72 valence electrons. The highest BCUT2D eigenvalue weighted by atomic mass is 16.3. The lowest BCUT2D eigenvalue weighted by atomic mass is 10.2. The van der Waals surface area contributed by atoms with E-state index < -0.39 is 0 Å². The van der Waals surface area contributed by atoms with Crippen molar-refractivity contribution < 1.29 is 5.11 Å². The van der Waals surface area contributed by atoms with E-state index in [1.807, 2.05) is 0 Å². The van der Waals surface area contributed by atoms with Gasteiger partial charge in [-0.1, -0.05) is 0 Å². The lowest BCUT2D eigenvalue weighted by Crippen LogP contribution is -2.08. The molecule has 0 radical (unpaired) electrons. The lowest BCUT2D eigenvalue weighted by molar-refractivity contribution is 0.194. The smallest absolute Gasteiger partial charge is 0.108 e. The first kappa shape index (κ1) is 8.75.